The van der Waals surface area contributed by atoms with Gasteiger partial charge in [0.05, 0.1) is 0 Å². The third-order valence-corrected chi connectivity index (χ3v) is 4.21. The van der Waals surface area contributed by atoms with Gasteiger partial charge in [0.15, 0.2) is 0 Å². The van der Waals surface area contributed by atoms with Crippen molar-refractivity contribution in [2.45, 2.75) is 25.7 Å². The summed E-state index contributed by atoms with van der Waals surface area (Å²) in [5.41, 5.74) is 5.21. The van der Waals surface area contributed by atoms with Crippen molar-refractivity contribution < 1.29 is 0 Å². The number of anilines is 1. The smallest absolute Gasteiger partial charge is 0.0343 e. The maximum atomic E-state index is 3.47. The summed E-state index contributed by atoms with van der Waals surface area (Å²) < 4.78 is 0. The van der Waals surface area contributed by atoms with Gasteiger partial charge in [0.25, 0.3) is 0 Å². The van der Waals surface area contributed by atoms with Crippen LogP contribution in [-0.4, -0.2) is 12.3 Å². The van der Waals surface area contributed by atoms with E-state index in [1.165, 1.54) is 27.3 Å². The molecule has 0 fully saturated rings. The highest BCUT2D eigenvalue weighted by Gasteiger charge is 1.99. The van der Waals surface area contributed by atoms with E-state index in [0.717, 1.165) is 12.3 Å². The lowest BCUT2D eigenvalue weighted by Gasteiger charge is -2.09. The van der Waals surface area contributed by atoms with Crippen LogP contribution in [0.15, 0.2) is 47.4 Å². The number of aryl methyl sites for hydroxylation is 3. The number of rotatable bonds is 5. The minimum Gasteiger partial charge on any atom is -0.384 e. The van der Waals surface area contributed by atoms with Gasteiger partial charge in [-0.2, -0.15) is 0 Å². The Bertz CT molecular complexity index is 549. The SMILES string of the molecule is Cc1cccc(NCCSc2cc(C)ccc2C)c1. The lowest BCUT2D eigenvalue weighted by atomic mass is 10.2. The van der Waals surface area contributed by atoms with Crippen LogP contribution in [-0.2, 0) is 0 Å². The first kappa shape index (κ1) is 14.0. The van der Waals surface area contributed by atoms with Crippen molar-refractivity contribution in [3.63, 3.8) is 0 Å². The molecule has 0 amide bonds. The van der Waals surface area contributed by atoms with Crippen LogP contribution in [0.3, 0.4) is 0 Å². The fourth-order valence-corrected chi connectivity index (χ4v) is 2.96. The minimum atomic E-state index is 0.988. The molecule has 0 bridgehead atoms. The van der Waals surface area contributed by atoms with E-state index in [2.05, 4.69) is 68.6 Å². The summed E-state index contributed by atoms with van der Waals surface area (Å²) >= 11 is 1.92. The van der Waals surface area contributed by atoms with Gasteiger partial charge in [-0.3, -0.25) is 0 Å². The fourth-order valence-electron chi connectivity index (χ4n) is 1.97. The van der Waals surface area contributed by atoms with E-state index >= 15 is 0 Å². The van der Waals surface area contributed by atoms with Gasteiger partial charge in [-0.05, 0) is 50.1 Å². The highest BCUT2D eigenvalue weighted by Crippen LogP contribution is 2.23. The van der Waals surface area contributed by atoms with E-state index in [1.807, 2.05) is 11.8 Å². The Morgan fingerprint density at radius 1 is 0.947 bits per heavy atom. The molecular formula is C17H21NS. The van der Waals surface area contributed by atoms with E-state index in [9.17, 15) is 0 Å². The Morgan fingerprint density at radius 3 is 2.53 bits per heavy atom. The van der Waals surface area contributed by atoms with Gasteiger partial charge >= 0.3 is 0 Å². The molecule has 1 N–H and O–H groups in total. The highest BCUT2D eigenvalue weighted by atomic mass is 32.2. The molecule has 0 heterocycles. The van der Waals surface area contributed by atoms with Crippen LogP contribution in [0.25, 0.3) is 0 Å². The number of nitrogens with one attached hydrogen (secondary N) is 1. The van der Waals surface area contributed by atoms with Crippen LogP contribution < -0.4 is 5.32 Å². The van der Waals surface area contributed by atoms with Crippen molar-refractivity contribution in [3.8, 4) is 0 Å². The summed E-state index contributed by atoms with van der Waals surface area (Å²) in [6.45, 7) is 7.43. The molecule has 2 heteroatoms. The molecule has 19 heavy (non-hydrogen) atoms. The lowest BCUT2D eigenvalue weighted by molar-refractivity contribution is 1.20. The van der Waals surface area contributed by atoms with Crippen LogP contribution in [0, 0.1) is 20.8 Å². The molecular weight excluding hydrogens is 250 g/mol. The summed E-state index contributed by atoms with van der Waals surface area (Å²) in [6.07, 6.45) is 0. The topological polar surface area (TPSA) is 12.0 Å². The largest absolute Gasteiger partial charge is 0.384 e. The first-order valence-electron chi connectivity index (χ1n) is 6.66. The lowest BCUT2D eigenvalue weighted by Crippen LogP contribution is -2.04. The molecule has 1 nitrogen and oxygen atoms in total. The molecule has 0 aliphatic carbocycles. The molecule has 0 aromatic heterocycles. The Kier molecular flexibility index (Phi) is 4.92. The van der Waals surface area contributed by atoms with Gasteiger partial charge in [-0.15, -0.1) is 11.8 Å². The van der Waals surface area contributed by atoms with Gasteiger partial charge in [0, 0.05) is 22.9 Å². The normalized spacial score (nSPS) is 10.5. The average molecular weight is 271 g/mol. The Labute approximate surface area is 120 Å². The molecule has 100 valence electrons. The van der Waals surface area contributed by atoms with Crippen LogP contribution in [0.4, 0.5) is 5.69 Å². The zero-order chi connectivity index (χ0) is 13.7. The predicted octanol–water partition coefficient (Wildman–Crippen LogP) is 4.82. The number of benzene rings is 2. The second kappa shape index (κ2) is 6.67. The van der Waals surface area contributed by atoms with E-state index < -0.39 is 0 Å². The minimum absolute atomic E-state index is 0.988. The fraction of sp³-hybridized carbons (Fsp3) is 0.294. The van der Waals surface area contributed by atoms with Gasteiger partial charge in [-0.1, -0.05) is 29.8 Å². The summed E-state index contributed by atoms with van der Waals surface area (Å²) in [5, 5.41) is 3.47. The van der Waals surface area contributed by atoms with Crippen molar-refractivity contribution in [3.05, 3.63) is 59.2 Å². The number of thioether (sulfide) groups is 1. The van der Waals surface area contributed by atoms with Crippen molar-refractivity contribution in [2.75, 3.05) is 17.6 Å². The van der Waals surface area contributed by atoms with Gasteiger partial charge in [0.2, 0.25) is 0 Å². The molecule has 2 aromatic rings. The molecule has 0 atom stereocenters. The van der Waals surface area contributed by atoms with Crippen LogP contribution in [0.5, 0.6) is 0 Å². The predicted molar refractivity (Wildman–Crippen MR) is 86.3 cm³/mol. The molecule has 0 unspecified atom stereocenters. The zero-order valence-electron chi connectivity index (χ0n) is 11.9. The third-order valence-electron chi connectivity index (χ3n) is 3.05. The van der Waals surface area contributed by atoms with Crippen LogP contribution in [0.2, 0.25) is 0 Å². The number of hydrogen-bond donors (Lipinski definition) is 1. The van der Waals surface area contributed by atoms with Crippen molar-refractivity contribution in [1.82, 2.24) is 0 Å². The van der Waals surface area contributed by atoms with Crippen LogP contribution in [0.1, 0.15) is 16.7 Å². The third kappa shape index (κ3) is 4.32. The highest BCUT2D eigenvalue weighted by molar-refractivity contribution is 7.99. The Morgan fingerprint density at radius 2 is 1.74 bits per heavy atom. The van der Waals surface area contributed by atoms with Crippen molar-refractivity contribution >= 4 is 17.4 Å². The molecule has 0 radical (unpaired) electrons. The monoisotopic (exact) mass is 271 g/mol. The maximum absolute atomic E-state index is 3.47. The summed E-state index contributed by atoms with van der Waals surface area (Å²) in [5.74, 6) is 1.08. The molecule has 2 rings (SSSR count). The molecule has 2 aromatic carbocycles. The first-order chi connectivity index (χ1) is 9.15. The molecule has 0 saturated heterocycles. The van der Waals surface area contributed by atoms with Crippen molar-refractivity contribution in [1.29, 1.82) is 0 Å². The summed E-state index contributed by atoms with van der Waals surface area (Å²) in [6, 6.07) is 15.2. The molecule has 0 saturated carbocycles. The van der Waals surface area contributed by atoms with Gasteiger partial charge in [0.1, 0.15) is 0 Å². The molecule has 0 spiro atoms. The molecule has 0 aliphatic rings. The quantitative estimate of drug-likeness (QED) is 0.618. The second-order valence-electron chi connectivity index (χ2n) is 4.91. The Hall–Kier alpha value is -1.41. The van der Waals surface area contributed by atoms with E-state index in [4.69, 9.17) is 0 Å². The van der Waals surface area contributed by atoms with E-state index in [1.54, 1.807) is 0 Å². The van der Waals surface area contributed by atoms with E-state index in [-0.39, 0.29) is 0 Å². The molecule has 0 aliphatic heterocycles. The average Bonchev–Trinajstić information content (AvgIpc) is 2.39. The first-order valence-corrected chi connectivity index (χ1v) is 7.64. The Balaban J connectivity index is 1.82. The van der Waals surface area contributed by atoms with Gasteiger partial charge in [-0.25, -0.2) is 0 Å². The summed E-state index contributed by atoms with van der Waals surface area (Å²) in [4.78, 5) is 1.39. The van der Waals surface area contributed by atoms with Gasteiger partial charge < -0.3 is 5.32 Å². The number of hydrogen-bond acceptors (Lipinski definition) is 2. The van der Waals surface area contributed by atoms with Crippen molar-refractivity contribution in [2.24, 2.45) is 0 Å². The maximum Gasteiger partial charge on any atom is 0.0343 e. The second-order valence-corrected chi connectivity index (χ2v) is 6.05. The summed E-state index contributed by atoms with van der Waals surface area (Å²) in [7, 11) is 0. The zero-order valence-corrected chi connectivity index (χ0v) is 12.7. The van der Waals surface area contributed by atoms with E-state index in [0.29, 0.717) is 0 Å². The standard InChI is InChI=1S/C17H21NS/c1-13-5-4-6-16(11-13)18-9-10-19-17-12-14(2)7-8-15(17)3/h4-8,11-12,18H,9-10H2,1-3H3. The van der Waals surface area contributed by atoms with Crippen LogP contribution >= 0.6 is 11.8 Å².